The molecule has 0 saturated carbocycles. The summed E-state index contributed by atoms with van der Waals surface area (Å²) in [6, 6.07) is 2.39. The molecule has 0 spiro atoms. The van der Waals surface area contributed by atoms with E-state index < -0.39 is 35.2 Å². The molecule has 1 aromatic carbocycles. The number of carbonyl (C=O) groups is 2. The first-order valence-electron chi connectivity index (χ1n) is 8.25. The lowest BCUT2D eigenvalue weighted by atomic mass is 9.83. The fourth-order valence-electron chi connectivity index (χ4n) is 3.82. The van der Waals surface area contributed by atoms with Gasteiger partial charge in [0.1, 0.15) is 11.5 Å². The zero-order valence-corrected chi connectivity index (χ0v) is 14.9. The molecule has 9 heteroatoms. The van der Waals surface area contributed by atoms with Gasteiger partial charge in [-0.3, -0.25) is 14.3 Å². The van der Waals surface area contributed by atoms with Crippen molar-refractivity contribution in [1.82, 2.24) is 9.78 Å². The van der Waals surface area contributed by atoms with E-state index in [1.165, 1.54) is 26.2 Å². The Morgan fingerprint density at radius 1 is 1.41 bits per heavy atom. The molecular weight excluding hydrogens is 363 g/mol. The topological polar surface area (TPSA) is 84.2 Å². The molecule has 1 aromatic heterocycles. The van der Waals surface area contributed by atoms with Gasteiger partial charge in [-0.1, -0.05) is 6.92 Å². The zero-order valence-electron chi connectivity index (χ0n) is 14.9. The largest absolute Gasteiger partial charge is 0.481 e. The van der Waals surface area contributed by atoms with Crippen LogP contribution in [0.25, 0.3) is 0 Å². The molecule has 1 aliphatic rings. The van der Waals surface area contributed by atoms with Crippen molar-refractivity contribution >= 4 is 17.6 Å². The van der Waals surface area contributed by atoms with Crippen LogP contribution in [0.5, 0.6) is 0 Å². The molecule has 144 valence electrons. The monoisotopic (exact) mass is 381 g/mol. The number of nitrogens with zero attached hydrogens (tertiary/aromatic N) is 2. The molecule has 27 heavy (non-hydrogen) atoms. The lowest BCUT2D eigenvalue weighted by molar-refractivity contribution is -0.143. The first kappa shape index (κ1) is 18.9. The number of anilines is 1. The van der Waals surface area contributed by atoms with Crippen LogP contribution < -0.4 is 5.32 Å². The lowest BCUT2D eigenvalue weighted by Gasteiger charge is -2.21. The van der Waals surface area contributed by atoms with Crippen molar-refractivity contribution in [2.24, 2.45) is 7.05 Å². The fraction of sp³-hybridized carbons (Fsp3) is 0.389. The summed E-state index contributed by atoms with van der Waals surface area (Å²) in [5, 5.41) is 15.7. The number of alkyl halides is 2. The van der Waals surface area contributed by atoms with Crippen LogP contribution in [-0.2, 0) is 17.3 Å². The van der Waals surface area contributed by atoms with E-state index >= 15 is 0 Å². The van der Waals surface area contributed by atoms with E-state index in [1.54, 1.807) is 6.92 Å². The van der Waals surface area contributed by atoms with Crippen LogP contribution in [0.1, 0.15) is 59.8 Å². The summed E-state index contributed by atoms with van der Waals surface area (Å²) in [7, 11) is 1.42. The summed E-state index contributed by atoms with van der Waals surface area (Å²) in [5.74, 6) is -2.99. The molecule has 1 aliphatic carbocycles. The third-order valence-electron chi connectivity index (χ3n) is 4.98. The van der Waals surface area contributed by atoms with E-state index in [-0.39, 0.29) is 29.2 Å². The summed E-state index contributed by atoms with van der Waals surface area (Å²) in [4.78, 5) is 24.2. The standard InChI is InChI=1S/C18H18F3N3O3/c1-8-6-18(2,17(26)27)13-10(19)4-5-11(12(8)13)22-16(25)9-7-24(3)23-14(9)15(20)21/h4-5,7-8,15H,6H2,1-3H3,(H,22,25)(H,26,27). The Kier molecular flexibility index (Phi) is 4.49. The van der Waals surface area contributed by atoms with Crippen LogP contribution in [0.3, 0.4) is 0 Å². The maximum atomic E-state index is 14.4. The minimum atomic E-state index is -2.93. The number of halogens is 3. The average Bonchev–Trinajstić information content (AvgIpc) is 3.10. The minimum absolute atomic E-state index is 0.0144. The van der Waals surface area contributed by atoms with E-state index in [0.29, 0.717) is 5.56 Å². The number of hydrogen-bond acceptors (Lipinski definition) is 3. The Hall–Kier alpha value is -2.84. The van der Waals surface area contributed by atoms with Gasteiger partial charge in [0.05, 0.1) is 11.0 Å². The first-order chi connectivity index (χ1) is 12.6. The molecule has 1 heterocycles. The van der Waals surface area contributed by atoms with Crippen molar-refractivity contribution in [1.29, 1.82) is 0 Å². The Balaban J connectivity index is 2.05. The van der Waals surface area contributed by atoms with Crippen LogP contribution in [0, 0.1) is 5.82 Å². The number of aryl methyl sites for hydroxylation is 1. The van der Waals surface area contributed by atoms with E-state index in [2.05, 4.69) is 10.4 Å². The number of hydrogen-bond donors (Lipinski definition) is 2. The second-order valence-corrected chi connectivity index (χ2v) is 6.98. The molecule has 3 rings (SSSR count). The maximum absolute atomic E-state index is 14.4. The highest BCUT2D eigenvalue weighted by Crippen LogP contribution is 2.50. The molecule has 0 saturated heterocycles. The van der Waals surface area contributed by atoms with Crippen LogP contribution in [0.4, 0.5) is 18.9 Å². The van der Waals surface area contributed by atoms with Crippen molar-refractivity contribution in [2.45, 2.75) is 38.0 Å². The lowest BCUT2D eigenvalue weighted by Crippen LogP contribution is -2.30. The van der Waals surface area contributed by atoms with Crippen molar-refractivity contribution in [3.05, 3.63) is 46.5 Å². The predicted molar refractivity (Wildman–Crippen MR) is 90.5 cm³/mol. The van der Waals surface area contributed by atoms with E-state index in [0.717, 1.165) is 10.7 Å². The van der Waals surface area contributed by atoms with Crippen molar-refractivity contribution in [3.8, 4) is 0 Å². The number of aromatic nitrogens is 2. The van der Waals surface area contributed by atoms with Gasteiger partial charge in [0, 0.05) is 24.5 Å². The number of benzene rings is 1. The van der Waals surface area contributed by atoms with E-state index in [9.17, 15) is 27.9 Å². The highest BCUT2D eigenvalue weighted by atomic mass is 19.3. The van der Waals surface area contributed by atoms with Gasteiger partial charge in [-0.2, -0.15) is 5.10 Å². The van der Waals surface area contributed by atoms with Gasteiger partial charge in [0.25, 0.3) is 12.3 Å². The van der Waals surface area contributed by atoms with Gasteiger partial charge in [0.15, 0.2) is 0 Å². The van der Waals surface area contributed by atoms with Crippen molar-refractivity contribution in [3.63, 3.8) is 0 Å². The van der Waals surface area contributed by atoms with Crippen molar-refractivity contribution < 1.29 is 27.9 Å². The first-order valence-corrected chi connectivity index (χ1v) is 8.25. The van der Waals surface area contributed by atoms with E-state index in [4.69, 9.17) is 0 Å². The van der Waals surface area contributed by atoms with Gasteiger partial charge >= 0.3 is 5.97 Å². The van der Waals surface area contributed by atoms with Crippen LogP contribution >= 0.6 is 0 Å². The van der Waals surface area contributed by atoms with Gasteiger partial charge in [0.2, 0.25) is 0 Å². The predicted octanol–water partition coefficient (Wildman–Crippen LogP) is 3.60. The third-order valence-corrected chi connectivity index (χ3v) is 4.98. The number of amides is 1. The normalized spacial score (nSPS) is 21.4. The third kappa shape index (κ3) is 2.96. The zero-order chi connectivity index (χ0) is 20.1. The second-order valence-electron chi connectivity index (χ2n) is 6.98. The van der Waals surface area contributed by atoms with Crippen molar-refractivity contribution in [2.75, 3.05) is 5.32 Å². The summed E-state index contributed by atoms with van der Waals surface area (Å²) >= 11 is 0. The summed E-state index contributed by atoms with van der Waals surface area (Å²) in [5.41, 5.74) is -1.79. The molecule has 0 bridgehead atoms. The molecule has 0 radical (unpaired) electrons. The molecule has 2 unspecified atom stereocenters. The number of carboxylic acid groups (broad SMARTS) is 1. The highest BCUT2D eigenvalue weighted by Gasteiger charge is 2.47. The van der Waals surface area contributed by atoms with Crippen LogP contribution in [-0.4, -0.2) is 26.8 Å². The summed E-state index contributed by atoms with van der Waals surface area (Å²) < 4.78 is 41.7. The number of aliphatic carboxylic acids is 1. The van der Waals surface area contributed by atoms with Gasteiger partial charge in [-0.25, -0.2) is 13.2 Å². The number of nitrogens with one attached hydrogen (secondary N) is 1. The maximum Gasteiger partial charge on any atom is 0.313 e. The Labute approximate surface area is 153 Å². The number of fused-ring (bicyclic) bond motifs is 1. The summed E-state index contributed by atoms with van der Waals surface area (Å²) in [6.07, 6.45) is -1.60. The molecule has 0 aliphatic heterocycles. The Morgan fingerprint density at radius 3 is 2.67 bits per heavy atom. The molecule has 2 N–H and O–H groups in total. The Morgan fingerprint density at radius 2 is 2.07 bits per heavy atom. The smallest absolute Gasteiger partial charge is 0.313 e. The quantitative estimate of drug-likeness (QED) is 0.848. The van der Waals surface area contributed by atoms with Gasteiger partial charge in [-0.15, -0.1) is 0 Å². The highest BCUT2D eigenvalue weighted by molar-refractivity contribution is 6.05. The van der Waals surface area contributed by atoms with Gasteiger partial charge < -0.3 is 10.4 Å². The molecule has 0 fully saturated rings. The molecule has 1 amide bonds. The average molecular weight is 381 g/mol. The molecule has 2 aromatic rings. The minimum Gasteiger partial charge on any atom is -0.481 e. The fourth-order valence-corrected chi connectivity index (χ4v) is 3.82. The van der Waals surface area contributed by atoms with Gasteiger partial charge in [-0.05, 0) is 37.0 Å². The van der Waals surface area contributed by atoms with Crippen LogP contribution in [0.2, 0.25) is 0 Å². The van der Waals surface area contributed by atoms with E-state index in [1.807, 2.05) is 0 Å². The second kappa shape index (κ2) is 6.40. The Bertz CT molecular complexity index is 941. The number of carbonyl (C=O) groups excluding carboxylic acids is 1. The van der Waals surface area contributed by atoms with Crippen LogP contribution in [0.15, 0.2) is 18.3 Å². The summed E-state index contributed by atoms with van der Waals surface area (Å²) in [6.45, 7) is 3.17. The molecule has 6 nitrogen and oxygen atoms in total. The number of carboxylic acids is 1. The SMILES string of the molecule is CC1CC(C)(C(=O)O)c2c(F)ccc(NC(=O)c3cn(C)nc3C(F)F)c21. The number of rotatable bonds is 4. The molecule has 2 atom stereocenters. The molecular formula is C18H18F3N3O3.